The summed E-state index contributed by atoms with van der Waals surface area (Å²) in [6.45, 7) is 0.691. The van der Waals surface area contributed by atoms with Crippen LogP contribution in [0.15, 0.2) is 9.59 Å². The van der Waals surface area contributed by atoms with Crippen molar-refractivity contribution >= 4 is 22.8 Å². The van der Waals surface area contributed by atoms with Crippen molar-refractivity contribution in [1.29, 1.82) is 0 Å². The molecule has 0 spiro atoms. The summed E-state index contributed by atoms with van der Waals surface area (Å²) in [6.07, 6.45) is 2.30. The van der Waals surface area contributed by atoms with Gasteiger partial charge < -0.3 is 4.57 Å². The molecule has 0 atom stereocenters. The number of nitrogens with zero attached hydrogens (tertiary/aromatic N) is 3. The molecule has 3 rings (SSSR count). The number of aromatic amines is 1. The molecule has 1 N–H and O–H groups in total. The van der Waals surface area contributed by atoms with Crippen LogP contribution in [0.5, 0.6) is 0 Å². The van der Waals surface area contributed by atoms with Crippen LogP contribution in [0.3, 0.4) is 0 Å². The molecule has 0 bridgehead atoms. The van der Waals surface area contributed by atoms with Gasteiger partial charge >= 0.3 is 5.69 Å². The summed E-state index contributed by atoms with van der Waals surface area (Å²) >= 11 is 6.02. The van der Waals surface area contributed by atoms with E-state index in [0.29, 0.717) is 23.6 Å². The Morgan fingerprint density at radius 3 is 2.82 bits per heavy atom. The summed E-state index contributed by atoms with van der Waals surface area (Å²) in [5.74, 6) is 0.571. The average Bonchev–Trinajstić information content (AvgIpc) is 3.01. The molecule has 6 nitrogen and oxygen atoms in total. The molecular formula is C10H11ClN4O2. The summed E-state index contributed by atoms with van der Waals surface area (Å²) < 4.78 is 2.98. The van der Waals surface area contributed by atoms with Gasteiger partial charge in [0.15, 0.2) is 11.2 Å². The Morgan fingerprint density at radius 1 is 1.47 bits per heavy atom. The number of hydrogen-bond donors (Lipinski definition) is 1. The van der Waals surface area contributed by atoms with Gasteiger partial charge in [0.25, 0.3) is 5.56 Å². The van der Waals surface area contributed by atoms with Crippen LogP contribution in [0.1, 0.15) is 12.8 Å². The molecule has 2 aromatic heterocycles. The highest BCUT2D eigenvalue weighted by Gasteiger charge is 2.25. The van der Waals surface area contributed by atoms with E-state index in [0.717, 1.165) is 12.8 Å². The number of hydrogen-bond acceptors (Lipinski definition) is 3. The van der Waals surface area contributed by atoms with E-state index in [4.69, 9.17) is 11.6 Å². The van der Waals surface area contributed by atoms with Crippen LogP contribution in [-0.2, 0) is 13.6 Å². The smallest absolute Gasteiger partial charge is 0.309 e. The van der Waals surface area contributed by atoms with Gasteiger partial charge in [-0.3, -0.25) is 14.3 Å². The van der Waals surface area contributed by atoms with Crippen LogP contribution in [0.25, 0.3) is 11.2 Å². The van der Waals surface area contributed by atoms with Gasteiger partial charge in [-0.1, -0.05) is 0 Å². The highest BCUT2D eigenvalue weighted by atomic mass is 35.5. The Kier molecular flexibility index (Phi) is 2.16. The summed E-state index contributed by atoms with van der Waals surface area (Å²) in [6, 6.07) is 0. The second kappa shape index (κ2) is 3.46. The van der Waals surface area contributed by atoms with E-state index in [9.17, 15) is 9.59 Å². The van der Waals surface area contributed by atoms with Gasteiger partial charge in [-0.05, 0) is 30.4 Å². The number of nitrogens with one attached hydrogen (secondary N) is 1. The molecule has 0 aromatic carbocycles. The van der Waals surface area contributed by atoms with E-state index in [-0.39, 0.29) is 5.28 Å². The minimum Gasteiger partial charge on any atom is -0.309 e. The van der Waals surface area contributed by atoms with Crippen molar-refractivity contribution in [2.24, 2.45) is 13.0 Å². The lowest BCUT2D eigenvalue weighted by molar-refractivity contribution is 0.640. The molecule has 7 heteroatoms. The molecule has 2 aromatic rings. The second-order valence-corrected chi connectivity index (χ2v) is 4.76. The zero-order valence-corrected chi connectivity index (χ0v) is 9.99. The van der Waals surface area contributed by atoms with Crippen molar-refractivity contribution in [2.75, 3.05) is 0 Å². The van der Waals surface area contributed by atoms with E-state index in [1.807, 2.05) is 0 Å². The van der Waals surface area contributed by atoms with Crippen molar-refractivity contribution in [3.05, 3.63) is 26.1 Å². The molecule has 0 aliphatic heterocycles. The number of rotatable bonds is 2. The predicted octanol–water partition coefficient (Wildman–Crippen LogP) is 0.487. The van der Waals surface area contributed by atoms with Gasteiger partial charge in [-0.2, -0.15) is 4.98 Å². The number of fused-ring (bicyclic) bond motifs is 1. The maximum atomic E-state index is 11.8. The van der Waals surface area contributed by atoms with Crippen molar-refractivity contribution in [3.63, 3.8) is 0 Å². The zero-order chi connectivity index (χ0) is 12.2. The quantitative estimate of drug-likeness (QED) is 0.793. The van der Waals surface area contributed by atoms with Gasteiger partial charge in [0, 0.05) is 13.6 Å². The Balaban J connectivity index is 2.35. The molecule has 1 aliphatic carbocycles. The molecule has 0 unspecified atom stereocenters. The molecule has 0 radical (unpaired) electrons. The minimum atomic E-state index is -0.477. The third-order valence-electron chi connectivity index (χ3n) is 3.10. The standard InChI is InChI=1S/C10H11ClN4O2/c1-14-7-6(8(16)13-10(14)17)15(9(11)12-7)4-5-2-3-5/h5H,2-4H2,1H3,(H,13,16,17). The zero-order valence-electron chi connectivity index (χ0n) is 9.23. The maximum Gasteiger partial charge on any atom is 0.329 e. The van der Waals surface area contributed by atoms with Crippen LogP contribution in [-0.4, -0.2) is 19.1 Å². The summed E-state index contributed by atoms with van der Waals surface area (Å²) in [5.41, 5.74) is -0.188. The van der Waals surface area contributed by atoms with Crippen molar-refractivity contribution in [3.8, 4) is 0 Å². The second-order valence-electron chi connectivity index (χ2n) is 4.43. The molecule has 1 aliphatic rings. The fraction of sp³-hybridized carbons (Fsp3) is 0.500. The molecule has 1 fully saturated rings. The van der Waals surface area contributed by atoms with E-state index in [1.54, 1.807) is 11.6 Å². The third-order valence-corrected chi connectivity index (χ3v) is 3.39. The first-order chi connectivity index (χ1) is 8.08. The molecule has 0 saturated heterocycles. The largest absolute Gasteiger partial charge is 0.329 e. The molecule has 2 heterocycles. The number of H-pyrrole nitrogens is 1. The summed E-state index contributed by atoms with van der Waals surface area (Å²) in [7, 11) is 1.56. The topological polar surface area (TPSA) is 72.7 Å². The SMILES string of the molecule is Cn1c(=O)[nH]c(=O)c2c1nc(Cl)n2CC1CC1. The van der Waals surface area contributed by atoms with Gasteiger partial charge in [0.2, 0.25) is 5.28 Å². The number of halogens is 1. The van der Waals surface area contributed by atoms with Gasteiger partial charge in [-0.15, -0.1) is 0 Å². The highest BCUT2D eigenvalue weighted by Crippen LogP contribution is 2.32. The maximum absolute atomic E-state index is 11.8. The number of aryl methyl sites for hydroxylation is 1. The van der Waals surface area contributed by atoms with Gasteiger partial charge in [0.1, 0.15) is 0 Å². The summed E-state index contributed by atoms with van der Waals surface area (Å²) in [5, 5.41) is 0.263. The highest BCUT2D eigenvalue weighted by molar-refractivity contribution is 6.29. The van der Waals surface area contributed by atoms with Crippen LogP contribution in [0, 0.1) is 5.92 Å². The predicted molar refractivity (Wildman–Crippen MR) is 63.3 cm³/mol. The fourth-order valence-corrected chi connectivity index (χ4v) is 2.17. The van der Waals surface area contributed by atoms with Crippen LogP contribution < -0.4 is 11.2 Å². The van der Waals surface area contributed by atoms with E-state index in [1.165, 1.54) is 4.57 Å². The molecular weight excluding hydrogens is 244 g/mol. The normalized spacial score (nSPS) is 15.6. The lowest BCUT2D eigenvalue weighted by atomic mass is 10.4. The fourth-order valence-electron chi connectivity index (χ4n) is 1.93. The Bertz CT molecular complexity index is 707. The number of imidazole rings is 1. The molecule has 17 heavy (non-hydrogen) atoms. The Labute approximate surface area is 101 Å². The van der Waals surface area contributed by atoms with Gasteiger partial charge in [0.05, 0.1) is 0 Å². The monoisotopic (exact) mass is 254 g/mol. The third kappa shape index (κ3) is 1.59. The van der Waals surface area contributed by atoms with E-state index in [2.05, 4.69) is 9.97 Å². The lowest BCUT2D eigenvalue weighted by Crippen LogP contribution is -2.29. The minimum absolute atomic E-state index is 0.263. The Morgan fingerprint density at radius 2 is 2.18 bits per heavy atom. The van der Waals surface area contributed by atoms with Crippen LogP contribution in [0.4, 0.5) is 0 Å². The van der Waals surface area contributed by atoms with E-state index >= 15 is 0 Å². The first kappa shape index (κ1) is 10.6. The number of aromatic nitrogens is 4. The van der Waals surface area contributed by atoms with Crippen LogP contribution >= 0.6 is 11.6 Å². The van der Waals surface area contributed by atoms with Gasteiger partial charge in [-0.25, -0.2) is 4.79 Å². The van der Waals surface area contributed by atoms with Crippen molar-refractivity contribution < 1.29 is 0 Å². The van der Waals surface area contributed by atoms with Crippen molar-refractivity contribution in [2.45, 2.75) is 19.4 Å². The Hall–Kier alpha value is -1.56. The molecule has 1 saturated carbocycles. The lowest BCUT2D eigenvalue weighted by Gasteiger charge is -2.03. The first-order valence-corrected chi connectivity index (χ1v) is 5.81. The van der Waals surface area contributed by atoms with Crippen molar-refractivity contribution in [1.82, 2.24) is 19.1 Å². The summed E-state index contributed by atoms with van der Waals surface area (Å²) in [4.78, 5) is 29.6. The first-order valence-electron chi connectivity index (χ1n) is 5.43. The van der Waals surface area contributed by atoms with E-state index < -0.39 is 11.2 Å². The average molecular weight is 255 g/mol. The molecule has 0 amide bonds. The molecule has 90 valence electrons. The van der Waals surface area contributed by atoms with Crippen LogP contribution in [0.2, 0.25) is 5.28 Å².